The van der Waals surface area contributed by atoms with Gasteiger partial charge < -0.3 is 14.8 Å². The Labute approximate surface area is 167 Å². The Morgan fingerprint density at radius 3 is 2.43 bits per heavy atom. The zero-order chi connectivity index (χ0) is 19.9. The van der Waals surface area contributed by atoms with E-state index in [2.05, 4.69) is 5.32 Å². The highest BCUT2D eigenvalue weighted by Crippen LogP contribution is 2.32. The van der Waals surface area contributed by atoms with Crippen LogP contribution in [0.1, 0.15) is 13.3 Å². The van der Waals surface area contributed by atoms with Gasteiger partial charge in [-0.15, -0.1) is 0 Å². The van der Waals surface area contributed by atoms with Crippen LogP contribution in [0.2, 0.25) is 5.02 Å². The summed E-state index contributed by atoms with van der Waals surface area (Å²) in [6.45, 7) is 1.83. The predicted octanol–water partition coefficient (Wildman–Crippen LogP) is 6.07. The van der Waals surface area contributed by atoms with Crippen molar-refractivity contribution < 1.29 is 18.7 Å². The standard InChI is InChI=1S/C22H19ClFNO3/c1-2-20(27-18-11-9-16(24)10-12-18)22(26)25-19-14-15(23)8-13-21(19)28-17-6-4-3-5-7-17/h3-14,20H,2H2,1H3,(H,25,26)/t20-/m1/s1. The average Bonchev–Trinajstić information content (AvgIpc) is 2.70. The highest BCUT2D eigenvalue weighted by molar-refractivity contribution is 6.31. The smallest absolute Gasteiger partial charge is 0.265 e. The van der Waals surface area contributed by atoms with Crippen LogP contribution in [-0.4, -0.2) is 12.0 Å². The fourth-order valence-corrected chi connectivity index (χ4v) is 2.69. The minimum Gasteiger partial charge on any atom is -0.481 e. The summed E-state index contributed by atoms with van der Waals surface area (Å²) in [6.07, 6.45) is -0.326. The Morgan fingerprint density at radius 2 is 1.75 bits per heavy atom. The van der Waals surface area contributed by atoms with Crippen molar-refractivity contribution in [1.29, 1.82) is 0 Å². The number of para-hydroxylation sites is 1. The number of hydrogen-bond acceptors (Lipinski definition) is 3. The van der Waals surface area contributed by atoms with Crippen LogP contribution in [-0.2, 0) is 4.79 Å². The maximum Gasteiger partial charge on any atom is 0.265 e. The summed E-state index contributed by atoms with van der Waals surface area (Å²) in [6, 6.07) is 19.7. The third-order valence-corrected chi connectivity index (χ3v) is 4.16. The minimum absolute atomic E-state index is 0.355. The van der Waals surface area contributed by atoms with Crippen molar-refractivity contribution in [1.82, 2.24) is 0 Å². The van der Waals surface area contributed by atoms with E-state index in [9.17, 15) is 9.18 Å². The fraction of sp³-hybridized carbons (Fsp3) is 0.136. The van der Waals surface area contributed by atoms with Crippen LogP contribution in [0.4, 0.5) is 10.1 Å². The Balaban J connectivity index is 1.76. The van der Waals surface area contributed by atoms with Crippen LogP contribution in [0, 0.1) is 5.82 Å². The molecule has 0 aliphatic carbocycles. The molecular formula is C22H19ClFNO3. The number of benzene rings is 3. The summed E-state index contributed by atoms with van der Waals surface area (Å²) >= 11 is 6.09. The van der Waals surface area contributed by atoms with Gasteiger partial charge in [0.2, 0.25) is 0 Å². The summed E-state index contributed by atoms with van der Waals surface area (Å²) < 4.78 is 24.6. The van der Waals surface area contributed by atoms with Gasteiger partial charge in [0.05, 0.1) is 5.69 Å². The first-order valence-corrected chi connectivity index (χ1v) is 9.18. The molecule has 0 spiro atoms. The van der Waals surface area contributed by atoms with Gasteiger partial charge in [-0.1, -0.05) is 36.7 Å². The lowest BCUT2D eigenvalue weighted by Crippen LogP contribution is -2.32. The van der Waals surface area contributed by atoms with Gasteiger partial charge in [-0.2, -0.15) is 0 Å². The fourth-order valence-electron chi connectivity index (χ4n) is 2.52. The number of carbonyl (C=O) groups is 1. The van der Waals surface area contributed by atoms with Gasteiger partial charge in [-0.05, 0) is 61.0 Å². The first-order valence-electron chi connectivity index (χ1n) is 8.80. The molecule has 0 fully saturated rings. The molecule has 144 valence electrons. The van der Waals surface area contributed by atoms with E-state index < -0.39 is 6.10 Å². The molecule has 0 bridgehead atoms. The molecule has 1 N–H and O–H groups in total. The van der Waals surface area contributed by atoms with Gasteiger partial charge in [0.15, 0.2) is 11.9 Å². The van der Waals surface area contributed by atoms with Crippen molar-refractivity contribution in [3.8, 4) is 17.2 Å². The molecule has 4 nitrogen and oxygen atoms in total. The lowest BCUT2D eigenvalue weighted by atomic mass is 10.2. The van der Waals surface area contributed by atoms with Gasteiger partial charge in [0, 0.05) is 5.02 Å². The van der Waals surface area contributed by atoms with E-state index in [-0.39, 0.29) is 11.7 Å². The molecule has 3 aromatic carbocycles. The predicted molar refractivity (Wildman–Crippen MR) is 108 cm³/mol. The lowest BCUT2D eigenvalue weighted by molar-refractivity contribution is -0.122. The van der Waals surface area contributed by atoms with Crippen molar-refractivity contribution >= 4 is 23.2 Å². The Kier molecular flexibility index (Phi) is 6.50. The molecule has 1 amide bonds. The molecule has 0 saturated heterocycles. The van der Waals surface area contributed by atoms with Gasteiger partial charge in [-0.3, -0.25) is 4.79 Å². The van der Waals surface area contributed by atoms with E-state index in [1.54, 1.807) is 18.2 Å². The van der Waals surface area contributed by atoms with Gasteiger partial charge in [-0.25, -0.2) is 4.39 Å². The summed E-state index contributed by atoms with van der Waals surface area (Å²) in [5.41, 5.74) is 0.433. The SMILES string of the molecule is CC[C@@H](Oc1ccc(F)cc1)C(=O)Nc1cc(Cl)ccc1Oc1ccccc1. The summed E-state index contributed by atoms with van der Waals surface area (Å²) in [5, 5.41) is 3.27. The van der Waals surface area contributed by atoms with Crippen LogP contribution in [0.5, 0.6) is 17.2 Å². The van der Waals surface area contributed by atoms with E-state index in [1.165, 1.54) is 24.3 Å². The van der Waals surface area contributed by atoms with Crippen LogP contribution >= 0.6 is 11.6 Å². The third kappa shape index (κ3) is 5.24. The highest BCUT2D eigenvalue weighted by atomic mass is 35.5. The molecule has 0 radical (unpaired) electrons. The molecule has 0 aliphatic rings. The normalized spacial score (nSPS) is 11.5. The number of hydrogen-bond donors (Lipinski definition) is 1. The number of halogens is 2. The second kappa shape index (κ2) is 9.24. The molecule has 3 aromatic rings. The molecule has 0 unspecified atom stereocenters. The van der Waals surface area contributed by atoms with E-state index in [0.717, 1.165) is 0 Å². The van der Waals surface area contributed by atoms with Crippen LogP contribution < -0.4 is 14.8 Å². The maximum atomic E-state index is 13.1. The van der Waals surface area contributed by atoms with Crippen molar-refractivity contribution in [2.24, 2.45) is 0 Å². The highest BCUT2D eigenvalue weighted by Gasteiger charge is 2.20. The topological polar surface area (TPSA) is 47.6 Å². The second-order valence-electron chi connectivity index (χ2n) is 6.01. The van der Waals surface area contributed by atoms with Gasteiger partial charge in [0.1, 0.15) is 17.3 Å². The Morgan fingerprint density at radius 1 is 1.04 bits per heavy atom. The molecule has 3 rings (SSSR count). The largest absolute Gasteiger partial charge is 0.481 e. The Hall–Kier alpha value is -3.05. The van der Waals surface area contributed by atoms with E-state index >= 15 is 0 Å². The van der Waals surface area contributed by atoms with E-state index in [1.807, 2.05) is 37.3 Å². The molecule has 28 heavy (non-hydrogen) atoms. The average molecular weight is 400 g/mol. The quantitative estimate of drug-likeness (QED) is 0.524. The van der Waals surface area contributed by atoms with E-state index in [0.29, 0.717) is 34.4 Å². The number of amides is 1. The molecule has 0 heterocycles. The first kappa shape index (κ1) is 19.7. The molecule has 1 atom stereocenters. The van der Waals surface area contributed by atoms with Crippen molar-refractivity contribution in [3.05, 3.63) is 83.6 Å². The zero-order valence-electron chi connectivity index (χ0n) is 15.2. The van der Waals surface area contributed by atoms with Gasteiger partial charge >= 0.3 is 0 Å². The molecule has 0 aliphatic heterocycles. The van der Waals surface area contributed by atoms with Crippen molar-refractivity contribution in [3.63, 3.8) is 0 Å². The second-order valence-corrected chi connectivity index (χ2v) is 6.45. The van der Waals surface area contributed by atoms with Crippen LogP contribution in [0.3, 0.4) is 0 Å². The number of rotatable bonds is 7. The monoisotopic (exact) mass is 399 g/mol. The van der Waals surface area contributed by atoms with Crippen LogP contribution in [0.15, 0.2) is 72.8 Å². The lowest BCUT2D eigenvalue weighted by Gasteiger charge is -2.19. The first-order chi connectivity index (χ1) is 13.5. The molecule has 6 heteroatoms. The number of ether oxygens (including phenoxy) is 2. The van der Waals surface area contributed by atoms with Crippen LogP contribution in [0.25, 0.3) is 0 Å². The number of nitrogens with one attached hydrogen (secondary N) is 1. The Bertz CT molecular complexity index is 932. The molecular weight excluding hydrogens is 381 g/mol. The van der Waals surface area contributed by atoms with E-state index in [4.69, 9.17) is 21.1 Å². The summed E-state index contributed by atoms with van der Waals surface area (Å²) in [5.74, 6) is 0.782. The zero-order valence-corrected chi connectivity index (χ0v) is 15.9. The number of anilines is 1. The van der Waals surface area contributed by atoms with Gasteiger partial charge in [0.25, 0.3) is 5.91 Å². The summed E-state index contributed by atoms with van der Waals surface area (Å²) in [4.78, 5) is 12.7. The summed E-state index contributed by atoms with van der Waals surface area (Å²) in [7, 11) is 0. The molecule has 0 saturated carbocycles. The van der Waals surface area contributed by atoms with Crippen molar-refractivity contribution in [2.75, 3.05) is 5.32 Å². The molecule has 0 aromatic heterocycles. The maximum absolute atomic E-state index is 13.1. The number of carbonyl (C=O) groups excluding carboxylic acids is 1. The third-order valence-electron chi connectivity index (χ3n) is 3.93. The van der Waals surface area contributed by atoms with Crippen molar-refractivity contribution in [2.45, 2.75) is 19.4 Å². The minimum atomic E-state index is -0.756.